The van der Waals surface area contributed by atoms with E-state index in [9.17, 15) is 13.2 Å². The first-order valence-corrected chi connectivity index (χ1v) is 11.8. The first-order valence-electron chi connectivity index (χ1n) is 10.4. The van der Waals surface area contributed by atoms with Gasteiger partial charge in [-0.2, -0.15) is 0 Å². The van der Waals surface area contributed by atoms with E-state index < -0.39 is 10.0 Å². The summed E-state index contributed by atoms with van der Waals surface area (Å²) in [7, 11) is 0.119. The average molecular weight is 469 g/mol. The van der Waals surface area contributed by atoms with Crippen molar-refractivity contribution in [2.24, 2.45) is 0 Å². The summed E-state index contributed by atoms with van der Waals surface area (Å²) in [6.07, 6.45) is 2.98. The Morgan fingerprint density at radius 1 is 0.970 bits per heavy atom. The normalized spacial score (nSPS) is 11.4. The molecule has 1 amide bonds. The Kier molecular flexibility index (Phi) is 7.75. The van der Waals surface area contributed by atoms with Gasteiger partial charge in [0, 0.05) is 24.3 Å². The molecule has 2 aromatic carbocycles. The fraction of sp³-hybridized carbons (Fsp3) is 0.261. The zero-order valence-electron chi connectivity index (χ0n) is 19.1. The predicted molar refractivity (Wildman–Crippen MR) is 129 cm³/mol. The summed E-state index contributed by atoms with van der Waals surface area (Å²) in [6, 6.07) is 12.1. The molecular weight excluding hydrogens is 440 g/mol. The van der Waals surface area contributed by atoms with E-state index in [1.165, 1.54) is 24.5 Å². The maximum atomic E-state index is 12.6. The summed E-state index contributed by atoms with van der Waals surface area (Å²) in [4.78, 5) is 23.1. The van der Waals surface area contributed by atoms with E-state index in [1.807, 2.05) is 51.0 Å². The van der Waals surface area contributed by atoms with Gasteiger partial charge in [-0.1, -0.05) is 24.3 Å². The van der Waals surface area contributed by atoms with Crippen molar-refractivity contribution in [3.8, 4) is 0 Å². The SMILES string of the molecule is Cc1cccc(C)c1C(=O)Nc1cnc(Nc2cccc(S(=O)(=O)NCCN(C)C)c2)nc1. The molecule has 1 aromatic heterocycles. The van der Waals surface area contributed by atoms with E-state index in [0.29, 0.717) is 30.0 Å². The lowest BCUT2D eigenvalue weighted by molar-refractivity contribution is 0.102. The zero-order chi connectivity index (χ0) is 24.0. The molecule has 0 unspecified atom stereocenters. The van der Waals surface area contributed by atoms with E-state index in [4.69, 9.17) is 0 Å². The molecule has 33 heavy (non-hydrogen) atoms. The van der Waals surface area contributed by atoms with E-state index in [1.54, 1.807) is 12.1 Å². The number of aryl methyl sites for hydroxylation is 2. The van der Waals surface area contributed by atoms with Crippen LogP contribution in [0.5, 0.6) is 0 Å². The third kappa shape index (κ3) is 6.58. The summed E-state index contributed by atoms with van der Waals surface area (Å²) < 4.78 is 27.6. The van der Waals surface area contributed by atoms with Crippen molar-refractivity contribution < 1.29 is 13.2 Å². The predicted octanol–water partition coefficient (Wildman–Crippen LogP) is 2.93. The van der Waals surface area contributed by atoms with Crippen LogP contribution in [0.3, 0.4) is 0 Å². The lowest BCUT2D eigenvalue weighted by Crippen LogP contribution is -2.31. The highest BCUT2D eigenvalue weighted by atomic mass is 32.2. The van der Waals surface area contributed by atoms with Crippen LogP contribution in [0.1, 0.15) is 21.5 Å². The first kappa shape index (κ1) is 24.3. The molecule has 0 spiro atoms. The molecule has 0 saturated heterocycles. The fourth-order valence-electron chi connectivity index (χ4n) is 3.18. The Morgan fingerprint density at radius 3 is 2.24 bits per heavy atom. The molecule has 9 nitrogen and oxygen atoms in total. The molecule has 0 aliphatic rings. The maximum absolute atomic E-state index is 12.6. The molecule has 0 radical (unpaired) electrons. The Balaban J connectivity index is 1.67. The Bertz CT molecular complexity index is 1210. The number of hydrogen-bond acceptors (Lipinski definition) is 7. The van der Waals surface area contributed by atoms with Gasteiger partial charge in [0.15, 0.2) is 0 Å². The second kappa shape index (κ2) is 10.5. The van der Waals surface area contributed by atoms with Gasteiger partial charge in [-0.15, -0.1) is 0 Å². The Hall–Kier alpha value is -3.34. The molecule has 10 heteroatoms. The van der Waals surface area contributed by atoms with Crippen molar-refractivity contribution in [3.63, 3.8) is 0 Å². The highest BCUT2D eigenvalue weighted by Crippen LogP contribution is 2.19. The topological polar surface area (TPSA) is 116 Å². The van der Waals surface area contributed by atoms with Crippen LogP contribution in [-0.2, 0) is 10.0 Å². The number of anilines is 3. The Labute approximate surface area is 194 Å². The molecule has 0 saturated carbocycles. The van der Waals surface area contributed by atoms with Gasteiger partial charge in [0.1, 0.15) is 0 Å². The number of amides is 1. The van der Waals surface area contributed by atoms with Crippen LogP contribution in [0.25, 0.3) is 0 Å². The highest BCUT2D eigenvalue weighted by molar-refractivity contribution is 7.89. The second-order valence-electron chi connectivity index (χ2n) is 7.87. The van der Waals surface area contributed by atoms with Gasteiger partial charge in [-0.25, -0.2) is 23.1 Å². The van der Waals surface area contributed by atoms with Crippen LogP contribution in [0.2, 0.25) is 0 Å². The molecule has 3 aromatic rings. The smallest absolute Gasteiger partial charge is 0.256 e. The van der Waals surface area contributed by atoms with Crippen LogP contribution >= 0.6 is 0 Å². The van der Waals surface area contributed by atoms with Crippen molar-refractivity contribution >= 4 is 33.3 Å². The van der Waals surface area contributed by atoms with Gasteiger partial charge in [0.2, 0.25) is 16.0 Å². The van der Waals surface area contributed by atoms with Gasteiger partial charge in [0.25, 0.3) is 5.91 Å². The number of carbonyl (C=O) groups excluding carboxylic acids is 1. The molecule has 0 aliphatic carbocycles. The number of nitrogens with zero attached hydrogens (tertiary/aromatic N) is 3. The third-order valence-corrected chi connectivity index (χ3v) is 6.33. The number of benzene rings is 2. The summed E-state index contributed by atoms with van der Waals surface area (Å²) >= 11 is 0. The van der Waals surface area contributed by atoms with Crippen molar-refractivity contribution in [1.29, 1.82) is 0 Å². The number of aromatic nitrogens is 2. The van der Waals surface area contributed by atoms with Gasteiger partial charge < -0.3 is 15.5 Å². The molecule has 174 valence electrons. The summed E-state index contributed by atoms with van der Waals surface area (Å²) in [5, 5.41) is 5.79. The van der Waals surface area contributed by atoms with Crippen LogP contribution in [-0.4, -0.2) is 56.4 Å². The monoisotopic (exact) mass is 468 g/mol. The largest absolute Gasteiger partial charge is 0.324 e. The highest BCUT2D eigenvalue weighted by Gasteiger charge is 2.15. The lowest BCUT2D eigenvalue weighted by Gasteiger charge is -2.12. The molecular formula is C23H28N6O3S. The van der Waals surface area contributed by atoms with Crippen LogP contribution in [0.15, 0.2) is 59.8 Å². The van der Waals surface area contributed by atoms with Gasteiger partial charge in [-0.3, -0.25) is 4.79 Å². The minimum absolute atomic E-state index is 0.142. The van der Waals surface area contributed by atoms with Crippen molar-refractivity contribution in [3.05, 3.63) is 71.5 Å². The van der Waals surface area contributed by atoms with E-state index in [0.717, 1.165) is 11.1 Å². The number of sulfonamides is 1. The van der Waals surface area contributed by atoms with Crippen molar-refractivity contribution in [2.75, 3.05) is 37.8 Å². The van der Waals surface area contributed by atoms with Crippen molar-refractivity contribution in [1.82, 2.24) is 19.6 Å². The summed E-state index contributed by atoms with van der Waals surface area (Å²) in [5.74, 6) is 0.0461. The second-order valence-corrected chi connectivity index (χ2v) is 9.64. The molecule has 0 aliphatic heterocycles. The van der Waals surface area contributed by atoms with Gasteiger partial charge in [-0.05, 0) is 57.3 Å². The Morgan fingerprint density at radius 2 is 1.61 bits per heavy atom. The standard InChI is InChI=1S/C23H28N6O3S/c1-16-7-5-8-17(2)21(16)22(30)27-19-14-24-23(25-15-19)28-18-9-6-10-20(13-18)33(31,32)26-11-12-29(3)4/h5-10,13-15,26H,11-12H2,1-4H3,(H,27,30)(H,24,25,28). The average Bonchev–Trinajstić information content (AvgIpc) is 2.75. The number of likely N-dealkylation sites (N-methyl/N-ethyl adjacent to an activating group) is 1. The number of rotatable bonds is 9. The molecule has 0 bridgehead atoms. The summed E-state index contributed by atoms with van der Waals surface area (Å²) in [6.45, 7) is 4.68. The molecule has 3 N–H and O–H groups in total. The third-order valence-electron chi connectivity index (χ3n) is 4.87. The van der Waals surface area contributed by atoms with E-state index in [-0.39, 0.29) is 16.8 Å². The number of hydrogen-bond donors (Lipinski definition) is 3. The van der Waals surface area contributed by atoms with Crippen LogP contribution < -0.4 is 15.4 Å². The minimum atomic E-state index is -3.63. The quantitative estimate of drug-likeness (QED) is 0.442. The zero-order valence-corrected chi connectivity index (χ0v) is 19.9. The lowest BCUT2D eigenvalue weighted by atomic mass is 10.0. The van der Waals surface area contributed by atoms with Gasteiger partial charge >= 0.3 is 0 Å². The fourth-order valence-corrected chi connectivity index (χ4v) is 4.25. The number of nitrogens with one attached hydrogen (secondary N) is 3. The molecule has 1 heterocycles. The molecule has 0 atom stereocenters. The van der Waals surface area contributed by atoms with Gasteiger partial charge in [0.05, 0.1) is 23.0 Å². The maximum Gasteiger partial charge on any atom is 0.256 e. The molecule has 0 fully saturated rings. The number of carbonyl (C=O) groups is 1. The van der Waals surface area contributed by atoms with Crippen LogP contribution in [0, 0.1) is 13.8 Å². The van der Waals surface area contributed by atoms with Crippen molar-refractivity contribution in [2.45, 2.75) is 18.7 Å². The minimum Gasteiger partial charge on any atom is -0.324 e. The molecule has 3 rings (SSSR count). The van der Waals surface area contributed by atoms with E-state index >= 15 is 0 Å². The van der Waals surface area contributed by atoms with Crippen LogP contribution in [0.4, 0.5) is 17.3 Å². The summed E-state index contributed by atoms with van der Waals surface area (Å²) in [5.41, 5.74) is 3.37. The van der Waals surface area contributed by atoms with E-state index in [2.05, 4.69) is 25.3 Å². The first-order chi connectivity index (χ1) is 15.7.